The molecule has 1 aliphatic rings. The molecule has 0 fully saturated rings. The van der Waals surface area contributed by atoms with E-state index in [0.29, 0.717) is 11.4 Å². The summed E-state index contributed by atoms with van der Waals surface area (Å²) in [4.78, 5) is 18.8. The van der Waals surface area contributed by atoms with Crippen molar-refractivity contribution in [3.05, 3.63) is 53.7 Å². The van der Waals surface area contributed by atoms with Gasteiger partial charge in [-0.2, -0.15) is 0 Å². The number of pyridine rings is 1. The zero-order chi connectivity index (χ0) is 15.5. The molecule has 0 bridgehead atoms. The Morgan fingerprint density at radius 1 is 1.23 bits per heavy atom. The molecule has 1 amide bonds. The Morgan fingerprint density at radius 3 is 2.77 bits per heavy atom. The average molecular weight is 296 g/mol. The third kappa shape index (κ3) is 2.96. The van der Waals surface area contributed by atoms with Gasteiger partial charge in [0.15, 0.2) is 0 Å². The van der Waals surface area contributed by atoms with Gasteiger partial charge in [-0.3, -0.25) is 4.79 Å². The molecule has 114 valence electrons. The Labute approximate surface area is 130 Å². The molecule has 0 atom stereocenters. The number of hydrogen-bond donors (Lipinski definition) is 0. The number of aromatic nitrogens is 1. The van der Waals surface area contributed by atoms with Crippen LogP contribution in [-0.2, 0) is 6.42 Å². The highest BCUT2D eigenvalue weighted by atomic mass is 16.5. The second-order valence-electron chi connectivity index (χ2n) is 5.74. The van der Waals surface area contributed by atoms with Gasteiger partial charge in [-0.25, -0.2) is 4.98 Å². The fourth-order valence-corrected chi connectivity index (χ4v) is 2.72. The van der Waals surface area contributed by atoms with Crippen molar-refractivity contribution in [2.45, 2.75) is 32.8 Å². The summed E-state index contributed by atoms with van der Waals surface area (Å²) in [5.41, 5.74) is 2.84. The molecule has 0 aliphatic carbocycles. The minimum atomic E-state index is -0.00394. The van der Waals surface area contributed by atoms with Crippen LogP contribution in [0, 0.1) is 0 Å². The van der Waals surface area contributed by atoms with Gasteiger partial charge in [-0.1, -0.05) is 18.2 Å². The van der Waals surface area contributed by atoms with Gasteiger partial charge in [-0.15, -0.1) is 0 Å². The number of rotatable bonds is 3. The zero-order valence-electron chi connectivity index (χ0n) is 13.0. The fraction of sp³-hybridized carbons (Fsp3) is 0.333. The van der Waals surface area contributed by atoms with Crippen LogP contribution < -0.4 is 9.64 Å². The highest BCUT2D eigenvalue weighted by Crippen LogP contribution is 2.28. The Bertz CT molecular complexity index is 665. The van der Waals surface area contributed by atoms with E-state index in [1.807, 2.05) is 36.9 Å². The van der Waals surface area contributed by atoms with E-state index in [2.05, 4.69) is 11.1 Å². The monoisotopic (exact) mass is 296 g/mol. The number of anilines is 1. The number of para-hydroxylation sites is 1. The normalized spacial score (nSPS) is 13.9. The minimum absolute atomic E-state index is 0.00394. The van der Waals surface area contributed by atoms with Crippen molar-refractivity contribution in [3.63, 3.8) is 0 Å². The van der Waals surface area contributed by atoms with Crippen molar-refractivity contribution in [1.82, 2.24) is 4.98 Å². The number of hydrogen-bond acceptors (Lipinski definition) is 3. The highest BCUT2D eigenvalue weighted by molar-refractivity contribution is 6.06. The maximum absolute atomic E-state index is 12.7. The molecule has 0 N–H and O–H groups in total. The van der Waals surface area contributed by atoms with Crippen LogP contribution in [0.1, 0.15) is 36.2 Å². The van der Waals surface area contributed by atoms with Crippen LogP contribution in [0.25, 0.3) is 0 Å². The van der Waals surface area contributed by atoms with Gasteiger partial charge in [0.05, 0.1) is 11.7 Å². The topological polar surface area (TPSA) is 42.4 Å². The number of aryl methyl sites for hydroxylation is 1. The summed E-state index contributed by atoms with van der Waals surface area (Å²) in [7, 11) is 0. The first-order valence-electron chi connectivity index (χ1n) is 7.67. The van der Waals surface area contributed by atoms with Crippen molar-refractivity contribution in [1.29, 1.82) is 0 Å². The molecule has 4 nitrogen and oxygen atoms in total. The number of ether oxygens (including phenoxy) is 1. The molecule has 2 heterocycles. The van der Waals surface area contributed by atoms with Crippen molar-refractivity contribution in [3.8, 4) is 5.88 Å². The molecule has 1 aliphatic heterocycles. The van der Waals surface area contributed by atoms with Gasteiger partial charge in [0, 0.05) is 24.5 Å². The molecule has 0 radical (unpaired) electrons. The quantitative estimate of drug-likeness (QED) is 0.871. The summed E-state index contributed by atoms with van der Waals surface area (Å²) in [6, 6.07) is 11.6. The predicted molar refractivity (Wildman–Crippen MR) is 86.4 cm³/mol. The molecule has 1 aromatic heterocycles. The fourth-order valence-electron chi connectivity index (χ4n) is 2.72. The zero-order valence-corrected chi connectivity index (χ0v) is 13.0. The molecule has 4 heteroatoms. The maximum atomic E-state index is 12.7. The minimum Gasteiger partial charge on any atom is -0.475 e. The summed E-state index contributed by atoms with van der Waals surface area (Å²) in [5.74, 6) is 0.543. The SMILES string of the molecule is CC(C)Oc1ccc(C(=O)N2CCCc3ccccc32)cn1. The number of carbonyl (C=O) groups is 1. The van der Waals surface area contributed by atoms with Gasteiger partial charge >= 0.3 is 0 Å². The Balaban J connectivity index is 1.83. The first-order chi connectivity index (χ1) is 10.6. The van der Waals surface area contributed by atoms with Crippen molar-refractivity contribution >= 4 is 11.6 Å². The second kappa shape index (κ2) is 6.18. The Kier molecular flexibility index (Phi) is 4.09. The molecular formula is C18H20N2O2. The van der Waals surface area contributed by atoms with E-state index < -0.39 is 0 Å². The summed E-state index contributed by atoms with van der Waals surface area (Å²) >= 11 is 0. The molecule has 0 spiro atoms. The smallest absolute Gasteiger partial charge is 0.259 e. The number of nitrogens with zero attached hydrogens (tertiary/aromatic N) is 2. The van der Waals surface area contributed by atoms with Crippen LogP contribution in [0.5, 0.6) is 5.88 Å². The average Bonchev–Trinajstić information content (AvgIpc) is 2.54. The number of carbonyl (C=O) groups excluding carboxylic acids is 1. The lowest BCUT2D eigenvalue weighted by molar-refractivity contribution is 0.0984. The van der Waals surface area contributed by atoms with E-state index in [9.17, 15) is 4.79 Å². The molecule has 22 heavy (non-hydrogen) atoms. The summed E-state index contributed by atoms with van der Waals surface area (Å²) in [6.45, 7) is 4.65. The van der Waals surface area contributed by atoms with Crippen LogP contribution >= 0.6 is 0 Å². The Hall–Kier alpha value is -2.36. The van der Waals surface area contributed by atoms with Gasteiger partial charge in [0.25, 0.3) is 5.91 Å². The largest absolute Gasteiger partial charge is 0.475 e. The van der Waals surface area contributed by atoms with Crippen LogP contribution in [0.3, 0.4) is 0 Å². The first kappa shape index (κ1) is 14.6. The lowest BCUT2D eigenvalue weighted by Gasteiger charge is -2.29. The third-order valence-corrected chi connectivity index (χ3v) is 3.70. The van der Waals surface area contributed by atoms with Crippen LogP contribution in [0.15, 0.2) is 42.6 Å². The van der Waals surface area contributed by atoms with E-state index in [-0.39, 0.29) is 12.0 Å². The maximum Gasteiger partial charge on any atom is 0.259 e. The third-order valence-electron chi connectivity index (χ3n) is 3.70. The van der Waals surface area contributed by atoms with Crippen molar-refractivity contribution in [2.24, 2.45) is 0 Å². The van der Waals surface area contributed by atoms with Gasteiger partial charge in [0.2, 0.25) is 5.88 Å². The van der Waals surface area contributed by atoms with E-state index >= 15 is 0 Å². The number of amides is 1. The summed E-state index contributed by atoms with van der Waals surface area (Å²) in [6.07, 6.45) is 3.68. The summed E-state index contributed by atoms with van der Waals surface area (Å²) in [5, 5.41) is 0. The van der Waals surface area contributed by atoms with E-state index in [1.54, 1.807) is 18.3 Å². The van der Waals surface area contributed by atoms with Gasteiger partial charge < -0.3 is 9.64 Å². The number of benzene rings is 1. The van der Waals surface area contributed by atoms with Crippen LogP contribution in [-0.4, -0.2) is 23.5 Å². The molecule has 3 rings (SSSR count). The van der Waals surface area contributed by atoms with Gasteiger partial charge in [-0.05, 0) is 44.4 Å². The highest BCUT2D eigenvalue weighted by Gasteiger charge is 2.23. The molecular weight excluding hydrogens is 276 g/mol. The van der Waals surface area contributed by atoms with E-state index in [0.717, 1.165) is 25.1 Å². The van der Waals surface area contributed by atoms with Crippen LogP contribution in [0.4, 0.5) is 5.69 Å². The lowest BCUT2D eigenvalue weighted by Crippen LogP contribution is -2.35. The van der Waals surface area contributed by atoms with E-state index in [1.165, 1.54) is 5.56 Å². The standard InChI is InChI=1S/C18H20N2O2/c1-13(2)22-17-10-9-15(12-19-17)18(21)20-11-5-7-14-6-3-4-8-16(14)20/h3-4,6,8-10,12-13H,5,7,11H2,1-2H3. The molecule has 1 aromatic carbocycles. The van der Waals surface area contributed by atoms with Crippen molar-refractivity contribution in [2.75, 3.05) is 11.4 Å². The lowest BCUT2D eigenvalue weighted by atomic mass is 10.0. The number of fused-ring (bicyclic) bond motifs is 1. The molecule has 0 saturated carbocycles. The second-order valence-corrected chi connectivity index (χ2v) is 5.74. The first-order valence-corrected chi connectivity index (χ1v) is 7.67. The van der Waals surface area contributed by atoms with Gasteiger partial charge in [0.1, 0.15) is 0 Å². The van der Waals surface area contributed by atoms with E-state index in [4.69, 9.17) is 4.74 Å². The van der Waals surface area contributed by atoms with Crippen LogP contribution in [0.2, 0.25) is 0 Å². The molecule has 2 aromatic rings. The van der Waals surface area contributed by atoms with Crippen molar-refractivity contribution < 1.29 is 9.53 Å². The molecule has 0 saturated heterocycles. The predicted octanol–water partition coefficient (Wildman–Crippen LogP) is 3.46. The Morgan fingerprint density at radius 2 is 2.05 bits per heavy atom. The summed E-state index contributed by atoms with van der Waals surface area (Å²) < 4.78 is 5.51. The molecule has 0 unspecified atom stereocenters.